The minimum Gasteiger partial charge on any atom is -0.370 e. The SMILES string of the molecule is CCNc1cc(N2CCCC2C)nc(N)n1. The second-order valence-corrected chi connectivity index (χ2v) is 4.18. The number of nitrogens with zero attached hydrogens (tertiary/aromatic N) is 3. The lowest BCUT2D eigenvalue weighted by molar-refractivity contribution is 0.727. The Bertz CT molecular complexity index is 365. The summed E-state index contributed by atoms with van der Waals surface area (Å²) in [5.41, 5.74) is 5.71. The first-order valence-corrected chi connectivity index (χ1v) is 5.85. The van der Waals surface area contributed by atoms with Gasteiger partial charge in [0.2, 0.25) is 5.95 Å². The summed E-state index contributed by atoms with van der Waals surface area (Å²) in [4.78, 5) is 10.7. The number of hydrogen-bond donors (Lipinski definition) is 2. The second kappa shape index (κ2) is 4.55. The summed E-state index contributed by atoms with van der Waals surface area (Å²) in [5, 5.41) is 3.17. The summed E-state index contributed by atoms with van der Waals surface area (Å²) in [7, 11) is 0. The Morgan fingerprint density at radius 2 is 2.38 bits per heavy atom. The number of hydrogen-bond acceptors (Lipinski definition) is 5. The van der Waals surface area contributed by atoms with Crippen LogP contribution in [0.3, 0.4) is 0 Å². The van der Waals surface area contributed by atoms with Crippen LogP contribution in [0.5, 0.6) is 0 Å². The average Bonchev–Trinajstić information content (AvgIpc) is 2.64. The fourth-order valence-corrected chi connectivity index (χ4v) is 2.15. The van der Waals surface area contributed by atoms with Gasteiger partial charge < -0.3 is 16.0 Å². The Labute approximate surface area is 96.1 Å². The van der Waals surface area contributed by atoms with Crippen LogP contribution in [0.25, 0.3) is 0 Å². The molecule has 1 unspecified atom stereocenters. The van der Waals surface area contributed by atoms with E-state index in [0.717, 1.165) is 24.7 Å². The van der Waals surface area contributed by atoms with Gasteiger partial charge in [-0.05, 0) is 26.7 Å². The quantitative estimate of drug-likeness (QED) is 0.809. The van der Waals surface area contributed by atoms with E-state index in [9.17, 15) is 0 Å². The van der Waals surface area contributed by atoms with Crippen molar-refractivity contribution >= 4 is 17.6 Å². The molecule has 2 heterocycles. The predicted octanol–water partition coefficient (Wildman–Crippen LogP) is 1.48. The van der Waals surface area contributed by atoms with Gasteiger partial charge in [-0.2, -0.15) is 9.97 Å². The third kappa shape index (κ3) is 2.18. The van der Waals surface area contributed by atoms with Crippen LogP contribution in [0.15, 0.2) is 6.07 Å². The van der Waals surface area contributed by atoms with E-state index >= 15 is 0 Å². The Morgan fingerprint density at radius 3 is 3.00 bits per heavy atom. The van der Waals surface area contributed by atoms with E-state index in [1.54, 1.807) is 0 Å². The molecule has 16 heavy (non-hydrogen) atoms. The molecule has 1 atom stereocenters. The van der Waals surface area contributed by atoms with Crippen LogP contribution in [-0.2, 0) is 0 Å². The van der Waals surface area contributed by atoms with Gasteiger partial charge in [0.1, 0.15) is 11.6 Å². The summed E-state index contributed by atoms with van der Waals surface area (Å²) >= 11 is 0. The standard InChI is InChI=1S/C11H19N5/c1-3-13-9-7-10(15-11(12)14-9)16-6-4-5-8(16)2/h7-8H,3-6H2,1-2H3,(H3,12,13,14,15). The zero-order valence-corrected chi connectivity index (χ0v) is 9.90. The Hall–Kier alpha value is -1.52. The van der Waals surface area contributed by atoms with Gasteiger partial charge in [0.15, 0.2) is 0 Å². The van der Waals surface area contributed by atoms with E-state index in [2.05, 4.69) is 27.1 Å². The normalized spacial score (nSPS) is 20.1. The minimum absolute atomic E-state index is 0.340. The van der Waals surface area contributed by atoms with E-state index < -0.39 is 0 Å². The van der Waals surface area contributed by atoms with E-state index in [4.69, 9.17) is 5.73 Å². The lowest BCUT2D eigenvalue weighted by Gasteiger charge is -2.23. The van der Waals surface area contributed by atoms with Crippen LogP contribution in [0.2, 0.25) is 0 Å². The molecule has 5 nitrogen and oxygen atoms in total. The van der Waals surface area contributed by atoms with Gasteiger partial charge in [0, 0.05) is 25.2 Å². The lowest BCUT2D eigenvalue weighted by atomic mass is 10.2. The van der Waals surface area contributed by atoms with Crippen molar-refractivity contribution in [3.63, 3.8) is 0 Å². The summed E-state index contributed by atoms with van der Waals surface area (Å²) < 4.78 is 0. The molecule has 0 radical (unpaired) electrons. The second-order valence-electron chi connectivity index (χ2n) is 4.18. The Morgan fingerprint density at radius 1 is 1.56 bits per heavy atom. The highest BCUT2D eigenvalue weighted by atomic mass is 15.2. The monoisotopic (exact) mass is 221 g/mol. The molecular formula is C11H19N5. The van der Waals surface area contributed by atoms with Gasteiger partial charge in [-0.1, -0.05) is 0 Å². The van der Waals surface area contributed by atoms with Crippen LogP contribution in [0.1, 0.15) is 26.7 Å². The summed E-state index contributed by atoms with van der Waals surface area (Å²) in [6.45, 7) is 6.16. The van der Waals surface area contributed by atoms with Gasteiger partial charge >= 0.3 is 0 Å². The number of anilines is 3. The molecule has 1 aliphatic rings. The number of nitrogens with two attached hydrogens (primary N) is 1. The fraction of sp³-hybridized carbons (Fsp3) is 0.636. The van der Waals surface area contributed by atoms with Gasteiger partial charge in [-0.3, -0.25) is 0 Å². The molecule has 1 aromatic heterocycles. The number of nitrogen functional groups attached to an aromatic ring is 1. The smallest absolute Gasteiger partial charge is 0.223 e. The van der Waals surface area contributed by atoms with Crippen molar-refractivity contribution in [2.75, 3.05) is 29.0 Å². The molecule has 0 aliphatic carbocycles. The third-order valence-corrected chi connectivity index (χ3v) is 2.94. The third-order valence-electron chi connectivity index (χ3n) is 2.94. The average molecular weight is 221 g/mol. The zero-order valence-electron chi connectivity index (χ0n) is 9.90. The number of rotatable bonds is 3. The molecule has 0 amide bonds. The molecule has 88 valence electrons. The molecule has 2 rings (SSSR count). The molecule has 0 bridgehead atoms. The highest BCUT2D eigenvalue weighted by Gasteiger charge is 2.22. The summed E-state index contributed by atoms with van der Waals surface area (Å²) in [5.74, 6) is 2.09. The lowest BCUT2D eigenvalue weighted by Crippen LogP contribution is -2.27. The summed E-state index contributed by atoms with van der Waals surface area (Å²) in [6.07, 6.45) is 2.45. The van der Waals surface area contributed by atoms with Gasteiger partial charge in [0.05, 0.1) is 0 Å². The van der Waals surface area contributed by atoms with E-state index in [0.29, 0.717) is 12.0 Å². The molecule has 0 aromatic carbocycles. The highest BCUT2D eigenvalue weighted by molar-refractivity contribution is 5.53. The topological polar surface area (TPSA) is 67.1 Å². The molecule has 0 saturated carbocycles. The fourth-order valence-electron chi connectivity index (χ4n) is 2.15. The highest BCUT2D eigenvalue weighted by Crippen LogP contribution is 2.25. The first-order valence-electron chi connectivity index (χ1n) is 5.85. The van der Waals surface area contributed by atoms with Crippen LogP contribution in [0, 0.1) is 0 Å². The molecule has 1 saturated heterocycles. The van der Waals surface area contributed by atoms with Crippen LogP contribution in [-0.4, -0.2) is 29.1 Å². The van der Waals surface area contributed by atoms with Crippen LogP contribution < -0.4 is 16.0 Å². The van der Waals surface area contributed by atoms with Gasteiger partial charge in [-0.15, -0.1) is 0 Å². The first-order chi connectivity index (χ1) is 7.70. The van der Waals surface area contributed by atoms with Crippen molar-refractivity contribution in [1.29, 1.82) is 0 Å². The van der Waals surface area contributed by atoms with Crippen molar-refractivity contribution in [1.82, 2.24) is 9.97 Å². The number of nitrogens with one attached hydrogen (secondary N) is 1. The van der Waals surface area contributed by atoms with E-state index in [1.807, 2.05) is 13.0 Å². The van der Waals surface area contributed by atoms with Crippen molar-refractivity contribution in [3.05, 3.63) is 6.07 Å². The molecule has 1 aromatic rings. The molecule has 1 aliphatic heterocycles. The van der Waals surface area contributed by atoms with E-state index in [-0.39, 0.29) is 0 Å². The minimum atomic E-state index is 0.340. The summed E-state index contributed by atoms with van der Waals surface area (Å²) in [6, 6.07) is 2.52. The van der Waals surface area contributed by atoms with Gasteiger partial charge in [0.25, 0.3) is 0 Å². The maximum absolute atomic E-state index is 5.71. The molecule has 3 N–H and O–H groups in total. The van der Waals surface area contributed by atoms with Crippen LogP contribution >= 0.6 is 0 Å². The van der Waals surface area contributed by atoms with Crippen molar-refractivity contribution in [3.8, 4) is 0 Å². The van der Waals surface area contributed by atoms with Gasteiger partial charge in [-0.25, -0.2) is 0 Å². The zero-order chi connectivity index (χ0) is 11.5. The van der Waals surface area contributed by atoms with Crippen molar-refractivity contribution in [2.24, 2.45) is 0 Å². The maximum atomic E-state index is 5.71. The largest absolute Gasteiger partial charge is 0.370 e. The van der Waals surface area contributed by atoms with Crippen LogP contribution in [0.4, 0.5) is 17.6 Å². The molecular weight excluding hydrogens is 202 g/mol. The molecule has 5 heteroatoms. The Kier molecular flexibility index (Phi) is 3.12. The Balaban J connectivity index is 2.25. The van der Waals surface area contributed by atoms with E-state index in [1.165, 1.54) is 12.8 Å². The van der Waals surface area contributed by atoms with Crippen molar-refractivity contribution in [2.45, 2.75) is 32.7 Å². The first kappa shape index (κ1) is 11.0. The molecule has 1 fully saturated rings. The maximum Gasteiger partial charge on any atom is 0.223 e. The predicted molar refractivity (Wildman–Crippen MR) is 66.7 cm³/mol. The number of aromatic nitrogens is 2. The van der Waals surface area contributed by atoms with Crippen molar-refractivity contribution < 1.29 is 0 Å². The molecule has 0 spiro atoms.